The van der Waals surface area contributed by atoms with Crippen LogP contribution in [0.25, 0.3) is 0 Å². The molecule has 2 aromatic carbocycles. The lowest BCUT2D eigenvalue weighted by Crippen LogP contribution is -2.30. The van der Waals surface area contributed by atoms with Crippen LogP contribution in [0.3, 0.4) is 0 Å². The van der Waals surface area contributed by atoms with Crippen molar-refractivity contribution in [3.63, 3.8) is 0 Å². The van der Waals surface area contributed by atoms with Crippen molar-refractivity contribution in [3.8, 4) is 11.5 Å². The second kappa shape index (κ2) is 7.76. The summed E-state index contributed by atoms with van der Waals surface area (Å²) in [4.78, 5) is 15.3. The van der Waals surface area contributed by atoms with Gasteiger partial charge in [0.25, 0.3) is 11.7 Å². The fourth-order valence-corrected chi connectivity index (χ4v) is 4.07. The van der Waals surface area contributed by atoms with Crippen molar-refractivity contribution in [2.24, 2.45) is 0 Å². The Morgan fingerprint density at radius 1 is 1.07 bits per heavy atom. The summed E-state index contributed by atoms with van der Waals surface area (Å²) in [6.45, 7) is 1.73. The Bertz CT molecular complexity index is 828. The topological polar surface area (TPSA) is 38.8 Å². The first-order chi connectivity index (χ1) is 13.1. The van der Waals surface area contributed by atoms with Crippen molar-refractivity contribution < 1.29 is 23.0 Å². The first kappa shape index (κ1) is 18.1. The quantitative estimate of drug-likeness (QED) is 0.705. The van der Waals surface area contributed by atoms with Gasteiger partial charge in [0.1, 0.15) is 13.2 Å². The summed E-state index contributed by atoms with van der Waals surface area (Å²) in [5.74, 6) is -1.11. The molecule has 0 aliphatic carbocycles. The number of benzene rings is 2. The summed E-state index contributed by atoms with van der Waals surface area (Å²) >= 11 is 0.478. The maximum absolute atomic E-state index is 13.0. The molecule has 1 atom stereocenters. The van der Waals surface area contributed by atoms with E-state index in [4.69, 9.17) is 9.47 Å². The van der Waals surface area contributed by atoms with Crippen LogP contribution in [-0.4, -0.2) is 36.3 Å². The predicted octanol–water partition coefficient (Wildman–Crippen LogP) is 4.75. The molecule has 0 saturated carbocycles. The van der Waals surface area contributed by atoms with Gasteiger partial charge in [-0.15, -0.1) is 0 Å². The highest BCUT2D eigenvalue weighted by atomic mass is 32.2. The summed E-state index contributed by atoms with van der Waals surface area (Å²) < 4.78 is 36.1. The van der Waals surface area contributed by atoms with Crippen LogP contribution in [0, 0.1) is 0 Å². The Morgan fingerprint density at radius 2 is 1.81 bits per heavy atom. The SMILES string of the molecule is O=C(c1ccc(SC(F)F)cc1)N1CCCC1c1ccc2c(c1)OCCO2. The number of alkyl halides is 2. The average molecular weight is 391 g/mol. The summed E-state index contributed by atoms with van der Waals surface area (Å²) in [6, 6.07) is 12.2. The van der Waals surface area contributed by atoms with Gasteiger partial charge < -0.3 is 14.4 Å². The number of ether oxygens (including phenoxy) is 2. The number of amides is 1. The van der Waals surface area contributed by atoms with Crippen LogP contribution in [0.2, 0.25) is 0 Å². The van der Waals surface area contributed by atoms with Gasteiger partial charge in [0.15, 0.2) is 11.5 Å². The van der Waals surface area contributed by atoms with Crippen molar-refractivity contribution >= 4 is 17.7 Å². The number of halogens is 2. The number of likely N-dealkylation sites (tertiary alicyclic amines) is 1. The van der Waals surface area contributed by atoms with Crippen LogP contribution in [0.4, 0.5) is 8.78 Å². The van der Waals surface area contributed by atoms with Crippen LogP contribution < -0.4 is 9.47 Å². The van der Waals surface area contributed by atoms with Crippen LogP contribution in [0.1, 0.15) is 34.8 Å². The number of hydrogen-bond donors (Lipinski definition) is 0. The molecule has 4 nitrogen and oxygen atoms in total. The molecule has 0 radical (unpaired) electrons. The summed E-state index contributed by atoms with van der Waals surface area (Å²) in [5, 5.41) is 0. The van der Waals surface area contributed by atoms with Crippen LogP contribution in [-0.2, 0) is 0 Å². The van der Waals surface area contributed by atoms with E-state index in [1.54, 1.807) is 24.3 Å². The molecule has 1 amide bonds. The van der Waals surface area contributed by atoms with Gasteiger partial charge in [0, 0.05) is 17.0 Å². The minimum Gasteiger partial charge on any atom is -0.486 e. The molecule has 0 aromatic heterocycles. The largest absolute Gasteiger partial charge is 0.486 e. The summed E-state index contributed by atoms with van der Waals surface area (Å²) in [6.07, 6.45) is 1.80. The lowest BCUT2D eigenvalue weighted by Gasteiger charge is -2.27. The molecular formula is C20H19F2NO3S. The average Bonchev–Trinajstić information content (AvgIpc) is 3.17. The van der Waals surface area contributed by atoms with Gasteiger partial charge in [0.2, 0.25) is 0 Å². The highest BCUT2D eigenvalue weighted by Gasteiger charge is 2.31. The predicted molar refractivity (Wildman–Crippen MR) is 98.7 cm³/mol. The van der Waals surface area contributed by atoms with E-state index in [0.717, 1.165) is 24.2 Å². The molecule has 1 saturated heterocycles. The number of fused-ring (bicyclic) bond motifs is 1. The molecule has 7 heteroatoms. The molecule has 2 aromatic rings. The Hall–Kier alpha value is -2.28. The van der Waals surface area contributed by atoms with Gasteiger partial charge in [-0.25, -0.2) is 0 Å². The third kappa shape index (κ3) is 3.88. The van der Waals surface area contributed by atoms with Crippen LogP contribution in [0.15, 0.2) is 47.4 Å². The lowest BCUT2D eigenvalue weighted by molar-refractivity contribution is 0.0735. The second-order valence-electron chi connectivity index (χ2n) is 6.46. The third-order valence-electron chi connectivity index (χ3n) is 4.79. The lowest BCUT2D eigenvalue weighted by atomic mass is 10.0. The molecule has 1 unspecified atom stereocenters. The number of rotatable bonds is 4. The molecule has 0 spiro atoms. The molecule has 0 bridgehead atoms. The van der Waals surface area contributed by atoms with E-state index < -0.39 is 5.76 Å². The first-order valence-corrected chi connectivity index (χ1v) is 9.75. The summed E-state index contributed by atoms with van der Waals surface area (Å²) in [7, 11) is 0. The maximum Gasteiger partial charge on any atom is 0.288 e. The zero-order valence-electron chi connectivity index (χ0n) is 14.6. The van der Waals surface area contributed by atoms with Gasteiger partial charge in [-0.2, -0.15) is 8.78 Å². The monoisotopic (exact) mass is 391 g/mol. The molecule has 0 N–H and O–H groups in total. The molecule has 2 aliphatic rings. The van der Waals surface area contributed by atoms with Crippen LogP contribution in [0.5, 0.6) is 11.5 Å². The second-order valence-corrected chi connectivity index (χ2v) is 7.53. The highest BCUT2D eigenvalue weighted by molar-refractivity contribution is 7.99. The van der Waals surface area contributed by atoms with Crippen molar-refractivity contribution in [1.82, 2.24) is 4.90 Å². The Morgan fingerprint density at radius 3 is 2.56 bits per heavy atom. The van der Waals surface area contributed by atoms with E-state index in [0.29, 0.717) is 47.7 Å². The standard InChI is InChI=1S/C20H19F2NO3S/c21-20(22)27-15-6-3-13(4-7-15)19(24)23-9-1-2-16(23)14-5-8-17-18(12-14)26-11-10-25-17/h3-8,12,16,20H,1-2,9-11H2. The molecule has 4 rings (SSSR count). The van der Waals surface area contributed by atoms with Gasteiger partial charge in [-0.05, 0) is 54.8 Å². The van der Waals surface area contributed by atoms with Crippen molar-refractivity contribution in [2.75, 3.05) is 19.8 Å². The molecule has 142 valence electrons. The van der Waals surface area contributed by atoms with Gasteiger partial charge in [-0.1, -0.05) is 17.8 Å². The van der Waals surface area contributed by atoms with Crippen molar-refractivity contribution in [1.29, 1.82) is 0 Å². The number of carbonyl (C=O) groups is 1. The molecule has 2 heterocycles. The van der Waals surface area contributed by atoms with E-state index in [9.17, 15) is 13.6 Å². The molecule has 1 fully saturated rings. The smallest absolute Gasteiger partial charge is 0.288 e. The fraction of sp³-hybridized carbons (Fsp3) is 0.350. The van der Waals surface area contributed by atoms with E-state index >= 15 is 0 Å². The van der Waals surface area contributed by atoms with Gasteiger partial charge >= 0.3 is 0 Å². The minimum atomic E-state index is -2.47. The highest BCUT2D eigenvalue weighted by Crippen LogP contribution is 2.38. The Kier molecular flexibility index (Phi) is 5.20. The minimum absolute atomic E-state index is 0.0246. The Balaban J connectivity index is 1.53. The first-order valence-electron chi connectivity index (χ1n) is 8.87. The normalized spacial score (nSPS) is 18.8. The molecule has 2 aliphatic heterocycles. The Labute approximate surface area is 160 Å². The molecule has 27 heavy (non-hydrogen) atoms. The van der Waals surface area contributed by atoms with Gasteiger partial charge in [0.05, 0.1) is 6.04 Å². The number of hydrogen-bond acceptors (Lipinski definition) is 4. The van der Waals surface area contributed by atoms with Gasteiger partial charge in [-0.3, -0.25) is 4.79 Å². The van der Waals surface area contributed by atoms with E-state index in [2.05, 4.69) is 0 Å². The summed E-state index contributed by atoms with van der Waals surface area (Å²) in [5.41, 5.74) is 1.54. The zero-order chi connectivity index (χ0) is 18.8. The third-order valence-corrected chi connectivity index (χ3v) is 5.51. The van der Waals surface area contributed by atoms with Crippen molar-refractivity contribution in [3.05, 3.63) is 53.6 Å². The fourth-order valence-electron chi connectivity index (χ4n) is 3.57. The number of thioether (sulfide) groups is 1. The van der Waals surface area contributed by atoms with Crippen molar-refractivity contribution in [2.45, 2.75) is 29.5 Å². The molecular weight excluding hydrogens is 372 g/mol. The van der Waals surface area contributed by atoms with E-state index in [1.807, 2.05) is 23.1 Å². The van der Waals surface area contributed by atoms with Crippen LogP contribution >= 0.6 is 11.8 Å². The maximum atomic E-state index is 13.0. The number of nitrogens with zero attached hydrogens (tertiary/aromatic N) is 1. The zero-order valence-corrected chi connectivity index (χ0v) is 15.4. The number of carbonyl (C=O) groups excluding carboxylic acids is 1. The van der Waals surface area contributed by atoms with E-state index in [-0.39, 0.29) is 11.9 Å². The van der Waals surface area contributed by atoms with E-state index in [1.165, 1.54) is 0 Å².